The number of aromatic amines is 2. The fourth-order valence-electron chi connectivity index (χ4n) is 3.38. The second kappa shape index (κ2) is 4.85. The maximum Gasteiger partial charge on any atom is 0.323 e. The highest BCUT2D eigenvalue weighted by Crippen LogP contribution is 2.36. The number of rotatable bonds is 1. The molecule has 1 spiro atoms. The van der Waals surface area contributed by atoms with Gasteiger partial charge in [0.05, 0.1) is 0 Å². The standard InChI is InChI=1S/C13H20N4O2/c18-11(10-7-15-12(19)16-10)17-6-2-4-13(9-17)3-1-5-14-8-13/h7,14H,1-6,8-9H2,(H2,15,16,19). The summed E-state index contributed by atoms with van der Waals surface area (Å²) in [5, 5.41) is 3.45. The third-order valence-electron chi connectivity index (χ3n) is 4.34. The van der Waals surface area contributed by atoms with Gasteiger partial charge in [-0.1, -0.05) is 0 Å². The van der Waals surface area contributed by atoms with E-state index in [-0.39, 0.29) is 17.0 Å². The van der Waals surface area contributed by atoms with Crippen LogP contribution in [0.5, 0.6) is 0 Å². The molecule has 2 saturated heterocycles. The first-order valence-electron chi connectivity index (χ1n) is 6.96. The van der Waals surface area contributed by atoms with Crippen LogP contribution >= 0.6 is 0 Å². The number of hydrogen-bond acceptors (Lipinski definition) is 3. The summed E-state index contributed by atoms with van der Waals surface area (Å²) in [6, 6.07) is 0. The first kappa shape index (κ1) is 12.5. The molecule has 1 aromatic rings. The minimum absolute atomic E-state index is 0.0667. The highest BCUT2D eigenvalue weighted by molar-refractivity contribution is 5.92. The largest absolute Gasteiger partial charge is 0.337 e. The van der Waals surface area contributed by atoms with Crippen LogP contribution in [0.4, 0.5) is 0 Å². The lowest BCUT2D eigenvalue weighted by Crippen LogP contribution is -2.52. The van der Waals surface area contributed by atoms with Crippen LogP contribution in [0.2, 0.25) is 0 Å². The van der Waals surface area contributed by atoms with E-state index in [1.165, 1.54) is 25.5 Å². The minimum atomic E-state index is -0.325. The molecule has 0 bridgehead atoms. The zero-order valence-electron chi connectivity index (χ0n) is 11.0. The fourth-order valence-corrected chi connectivity index (χ4v) is 3.38. The summed E-state index contributed by atoms with van der Waals surface area (Å²) in [5.74, 6) is -0.0667. The SMILES string of the molecule is O=C(c1c[nH]c(=O)[nH]1)N1CCCC2(CCCNC2)C1. The summed E-state index contributed by atoms with van der Waals surface area (Å²) in [5.41, 5.74) is 0.281. The van der Waals surface area contributed by atoms with Crippen molar-refractivity contribution in [3.63, 3.8) is 0 Å². The highest BCUT2D eigenvalue weighted by atomic mass is 16.2. The molecule has 104 valence electrons. The second-order valence-corrected chi connectivity index (χ2v) is 5.77. The van der Waals surface area contributed by atoms with Gasteiger partial charge in [0.2, 0.25) is 0 Å². The molecule has 2 aliphatic rings. The Labute approximate surface area is 111 Å². The molecule has 1 amide bonds. The summed E-state index contributed by atoms with van der Waals surface area (Å²) < 4.78 is 0. The average Bonchev–Trinajstić information content (AvgIpc) is 2.85. The van der Waals surface area contributed by atoms with Gasteiger partial charge in [0.1, 0.15) is 5.69 Å². The van der Waals surface area contributed by atoms with Crippen molar-refractivity contribution in [2.45, 2.75) is 25.7 Å². The predicted octanol–water partition coefficient (Wildman–Crippen LogP) is 0.309. The van der Waals surface area contributed by atoms with Crippen molar-refractivity contribution in [3.8, 4) is 0 Å². The zero-order valence-corrected chi connectivity index (χ0v) is 11.0. The summed E-state index contributed by atoms with van der Waals surface area (Å²) in [4.78, 5) is 30.4. The lowest BCUT2D eigenvalue weighted by atomic mass is 9.74. The first-order chi connectivity index (χ1) is 9.19. The van der Waals surface area contributed by atoms with E-state index in [4.69, 9.17) is 0 Å². The van der Waals surface area contributed by atoms with Crippen LogP contribution in [-0.2, 0) is 0 Å². The van der Waals surface area contributed by atoms with Crippen LogP contribution < -0.4 is 11.0 Å². The Bertz CT molecular complexity index is 507. The van der Waals surface area contributed by atoms with E-state index in [9.17, 15) is 9.59 Å². The van der Waals surface area contributed by atoms with Crippen molar-refractivity contribution in [1.29, 1.82) is 0 Å². The molecule has 1 aromatic heterocycles. The van der Waals surface area contributed by atoms with Crippen molar-refractivity contribution in [2.75, 3.05) is 26.2 Å². The molecule has 6 heteroatoms. The molecule has 3 heterocycles. The number of carbonyl (C=O) groups excluding carboxylic acids is 1. The van der Waals surface area contributed by atoms with Crippen LogP contribution in [0, 0.1) is 5.41 Å². The fraction of sp³-hybridized carbons (Fsp3) is 0.692. The van der Waals surface area contributed by atoms with E-state index >= 15 is 0 Å². The smallest absolute Gasteiger partial charge is 0.323 e. The Morgan fingerprint density at radius 3 is 2.84 bits per heavy atom. The lowest BCUT2D eigenvalue weighted by molar-refractivity contribution is 0.0429. The van der Waals surface area contributed by atoms with Crippen molar-refractivity contribution < 1.29 is 4.79 Å². The van der Waals surface area contributed by atoms with Crippen LogP contribution in [0.25, 0.3) is 0 Å². The Hall–Kier alpha value is -1.56. The van der Waals surface area contributed by atoms with Crippen molar-refractivity contribution >= 4 is 5.91 Å². The average molecular weight is 264 g/mol. The molecule has 19 heavy (non-hydrogen) atoms. The Morgan fingerprint density at radius 1 is 1.32 bits per heavy atom. The molecule has 2 fully saturated rings. The van der Waals surface area contributed by atoms with Gasteiger partial charge in [-0.05, 0) is 32.2 Å². The molecular weight excluding hydrogens is 244 g/mol. The van der Waals surface area contributed by atoms with Gasteiger partial charge >= 0.3 is 5.69 Å². The summed E-state index contributed by atoms with van der Waals surface area (Å²) in [6.07, 6.45) is 6.07. The number of carbonyl (C=O) groups is 1. The van der Waals surface area contributed by atoms with Gasteiger partial charge in [0, 0.05) is 31.2 Å². The maximum atomic E-state index is 12.4. The molecule has 0 saturated carbocycles. The molecule has 0 aromatic carbocycles. The molecule has 1 unspecified atom stereocenters. The van der Waals surface area contributed by atoms with Crippen molar-refractivity contribution in [3.05, 3.63) is 22.4 Å². The molecule has 6 nitrogen and oxygen atoms in total. The summed E-state index contributed by atoms with van der Waals surface area (Å²) in [7, 11) is 0. The van der Waals surface area contributed by atoms with Gasteiger partial charge in [-0.2, -0.15) is 0 Å². The van der Waals surface area contributed by atoms with Gasteiger partial charge in [0.25, 0.3) is 5.91 Å². The topological polar surface area (TPSA) is 81.0 Å². The molecule has 2 aliphatic heterocycles. The predicted molar refractivity (Wildman–Crippen MR) is 71.1 cm³/mol. The Balaban J connectivity index is 1.74. The molecule has 0 radical (unpaired) electrons. The summed E-state index contributed by atoms with van der Waals surface area (Å²) >= 11 is 0. The zero-order chi connectivity index (χ0) is 13.3. The van der Waals surface area contributed by atoms with Gasteiger partial charge in [0.15, 0.2) is 0 Å². The third kappa shape index (κ3) is 2.45. The second-order valence-electron chi connectivity index (χ2n) is 5.77. The monoisotopic (exact) mass is 264 g/mol. The maximum absolute atomic E-state index is 12.4. The molecular formula is C13H20N4O2. The van der Waals surface area contributed by atoms with Gasteiger partial charge in [-0.3, -0.25) is 4.79 Å². The number of nitrogens with one attached hydrogen (secondary N) is 3. The molecule has 0 aliphatic carbocycles. The van der Waals surface area contributed by atoms with Gasteiger partial charge < -0.3 is 20.2 Å². The van der Waals surface area contributed by atoms with Gasteiger partial charge in [-0.25, -0.2) is 4.79 Å². The minimum Gasteiger partial charge on any atom is -0.337 e. The molecule has 3 rings (SSSR count). The number of hydrogen-bond donors (Lipinski definition) is 3. The number of amides is 1. The lowest BCUT2D eigenvalue weighted by Gasteiger charge is -2.45. The Morgan fingerprint density at radius 2 is 2.16 bits per heavy atom. The number of aromatic nitrogens is 2. The van der Waals surface area contributed by atoms with Crippen molar-refractivity contribution in [1.82, 2.24) is 20.2 Å². The van der Waals surface area contributed by atoms with E-state index in [1.54, 1.807) is 0 Å². The molecule has 1 atom stereocenters. The van der Waals surface area contributed by atoms with Gasteiger partial charge in [-0.15, -0.1) is 0 Å². The number of H-pyrrole nitrogens is 2. The normalized spacial score (nSPS) is 27.7. The van der Waals surface area contributed by atoms with E-state index in [2.05, 4.69) is 15.3 Å². The third-order valence-corrected chi connectivity index (χ3v) is 4.34. The number of nitrogens with zero attached hydrogens (tertiary/aromatic N) is 1. The number of imidazole rings is 1. The van der Waals surface area contributed by atoms with Crippen LogP contribution in [0.15, 0.2) is 11.0 Å². The summed E-state index contributed by atoms with van der Waals surface area (Å²) in [6.45, 7) is 3.67. The number of piperidine rings is 2. The van der Waals surface area contributed by atoms with E-state index in [1.807, 2.05) is 4.90 Å². The quantitative estimate of drug-likeness (QED) is 0.683. The van der Waals surface area contributed by atoms with Crippen LogP contribution in [0.1, 0.15) is 36.2 Å². The van der Waals surface area contributed by atoms with Crippen molar-refractivity contribution in [2.24, 2.45) is 5.41 Å². The van der Waals surface area contributed by atoms with E-state index in [0.717, 1.165) is 32.6 Å². The van der Waals surface area contributed by atoms with Crippen LogP contribution in [0.3, 0.4) is 0 Å². The number of likely N-dealkylation sites (tertiary alicyclic amines) is 1. The molecule has 3 N–H and O–H groups in total. The van der Waals surface area contributed by atoms with E-state index in [0.29, 0.717) is 5.69 Å². The van der Waals surface area contributed by atoms with Crippen LogP contribution in [-0.4, -0.2) is 47.0 Å². The highest BCUT2D eigenvalue weighted by Gasteiger charge is 2.38. The van der Waals surface area contributed by atoms with E-state index < -0.39 is 0 Å². The first-order valence-corrected chi connectivity index (χ1v) is 6.96. The Kier molecular flexibility index (Phi) is 3.18.